The van der Waals surface area contributed by atoms with Crippen LogP contribution in [0, 0.1) is 17.6 Å². The summed E-state index contributed by atoms with van der Waals surface area (Å²) in [6.07, 6.45) is 0.637. The molecule has 1 aliphatic heterocycles. The largest absolute Gasteiger partial charge is 0.492 e. The van der Waals surface area contributed by atoms with E-state index in [2.05, 4.69) is 9.88 Å². The normalized spacial score (nSPS) is 14.4. The average Bonchev–Trinajstić information content (AvgIpc) is 3.33. The first-order valence-corrected chi connectivity index (χ1v) is 13.8. The summed E-state index contributed by atoms with van der Waals surface area (Å²) in [6.45, 7) is 8.62. The highest BCUT2D eigenvalue weighted by atomic mass is 35.5. The second kappa shape index (κ2) is 13.2. The molecule has 2 heterocycles. The molecule has 206 valence electrons. The highest BCUT2D eigenvalue weighted by Gasteiger charge is 2.25. The molecule has 1 aromatic heterocycles. The van der Waals surface area contributed by atoms with Crippen molar-refractivity contribution in [3.8, 4) is 5.75 Å². The number of rotatable bonds is 9. The highest BCUT2D eigenvalue weighted by Crippen LogP contribution is 2.38. The van der Waals surface area contributed by atoms with Crippen molar-refractivity contribution >= 4 is 33.7 Å². The molecule has 3 aromatic carbocycles. The summed E-state index contributed by atoms with van der Waals surface area (Å²) in [7, 11) is 0. The summed E-state index contributed by atoms with van der Waals surface area (Å²) >= 11 is 6.49. The number of aromatic amines is 1. The van der Waals surface area contributed by atoms with Crippen molar-refractivity contribution in [2.45, 2.75) is 27.2 Å². The fourth-order valence-corrected chi connectivity index (χ4v) is 5.22. The number of ether oxygens (including phenoxy) is 1. The number of fused-ring (bicyclic) bond motifs is 1. The molecule has 39 heavy (non-hydrogen) atoms. The Morgan fingerprint density at radius 3 is 2.33 bits per heavy atom. The smallest absolute Gasteiger partial charge is 0.124 e. The van der Waals surface area contributed by atoms with Gasteiger partial charge in [0.25, 0.3) is 0 Å². The molecule has 3 nitrogen and oxygen atoms in total. The number of alkyl halides is 1. The first kappa shape index (κ1) is 28.8. The van der Waals surface area contributed by atoms with Crippen LogP contribution in [0.2, 0.25) is 5.02 Å². The molecular formula is C32H34ClF3N2O. The molecule has 1 fully saturated rings. The van der Waals surface area contributed by atoms with Crippen LogP contribution < -0.4 is 4.74 Å². The van der Waals surface area contributed by atoms with Gasteiger partial charge >= 0.3 is 0 Å². The maximum Gasteiger partial charge on any atom is 0.124 e. The number of H-pyrrole nitrogens is 1. The zero-order valence-electron chi connectivity index (χ0n) is 22.5. The van der Waals surface area contributed by atoms with E-state index in [1.165, 1.54) is 24.3 Å². The molecule has 1 aliphatic rings. The zero-order valence-corrected chi connectivity index (χ0v) is 23.3. The Bertz CT molecular complexity index is 1430. The van der Waals surface area contributed by atoms with E-state index in [9.17, 15) is 13.2 Å². The van der Waals surface area contributed by atoms with Gasteiger partial charge in [0.2, 0.25) is 0 Å². The minimum absolute atomic E-state index is 0.160. The Labute approximate surface area is 233 Å². The number of nitrogens with one attached hydrogen (secondary N) is 1. The number of likely N-dealkylation sites (tertiary alicyclic amines) is 1. The van der Waals surface area contributed by atoms with Gasteiger partial charge in [-0.05, 0) is 71.7 Å². The van der Waals surface area contributed by atoms with Gasteiger partial charge in [-0.2, -0.15) is 0 Å². The Morgan fingerprint density at radius 2 is 1.67 bits per heavy atom. The zero-order chi connectivity index (χ0) is 27.9. The first-order chi connectivity index (χ1) is 18.9. The maximum absolute atomic E-state index is 13.9. The van der Waals surface area contributed by atoms with Crippen molar-refractivity contribution in [2.75, 3.05) is 32.9 Å². The molecule has 0 saturated carbocycles. The SMILES string of the molecule is CC.CC/C(=C(/c1ccc(OCCN2CC(CF)C2)cc1)c1cc2cc(F)ccc2[nH]1)c1ccc(F)cc1Cl. The summed E-state index contributed by atoms with van der Waals surface area (Å²) in [5.74, 6) is 0.197. The molecule has 5 rings (SSSR count). The minimum atomic E-state index is -0.396. The molecule has 0 amide bonds. The lowest BCUT2D eigenvalue weighted by atomic mass is 9.90. The van der Waals surface area contributed by atoms with Gasteiger partial charge in [0.15, 0.2) is 0 Å². The Kier molecular flexibility index (Phi) is 9.76. The molecule has 1 saturated heterocycles. The number of hydrogen-bond donors (Lipinski definition) is 1. The van der Waals surface area contributed by atoms with E-state index in [0.29, 0.717) is 18.1 Å². The molecule has 0 radical (unpaired) electrons. The third kappa shape index (κ3) is 6.68. The minimum Gasteiger partial charge on any atom is -0.492 e. The van der Waals surface area contributed by atoms with E-state index in [1.54, 1.807) is 12.1 Å². The molecule has 4 aromatic rings. The van der Waals surface area contributed by atoms with Crippen LogP contribution in [0.1, 0.15) is 44.0 Å². The van der Waals surface area contributed by atoms with Gasteiger partial charge in [-0.3, -0.25) is 9.29 Å². The lowest BCUT2D eigenvalue weighted by Gasteiger charge is -2.37. The van der Waals surface area contributed by atoms with E-state index in [-0.39, 0.29) is 18.4 Å². The second-order valence-corrected chi connectivity index (χ2v) is 9.81. The van der Waals surface area contributed by atoms with Crippen LogP contribution in [0.3, 0.4) is 0 Å². The Morgan fingerprint density at radius 1 is 0.974 bits per heavy atom. The standard InChI is InChI=1S/C30H28ClF3N2O.C2H6/c1-2-25(26-9-5-23(34)15-27(26)31)30(29-14-21-13-22(33)6-10-28(21)35-29)20-3-7-24(8-4-20)37-12-11-36-17-19(16-32)18-36;1-2/h3-10,13-15,19,35H,2,11-12,16-18H2,1H3;1-2H3/b30-25+;. The van der Waals surface area contributed by atoms with Gasteiger partial charge in [0.1, 0.15) is 24.0 Å². The first-order valence-electron chi connectivity index (χ1n) is 13.4. The number of allylic oxidation sites excluding steroid dienone is 1. The van der Waals surface area contributed by atoms with Crippen molar-refractivity contribution in [1.82, 2.24) is 9.88 Å². The van der Waals surface area contributed by atoms with E-state index in [1.807, 2.05) is 51.1 Å². The number of benzene rings is 3. The Balaban J connectivity index is 0.00000172. The van der Waals surface area contributed by atoms with Crippen LogP contribution in [0.4, 0.5) is 13.2 Å². The molecule has 0 unspecified atom stereocenters. The van der Waals surface area contributed by atoms with Crippen LogP contribution >= 0.6 is 11.6 Å². The molecular weight excluding hydrogens is 521 g/mol. The second-order valence-electron chi connectivity index (χ2n) is 9.40. The number of aromatic nitrogens is 1. The fourth-order valence-electron chi connectivity index (χ4n) is 4.93. The van der Waals surface area contributed by atoms with Gasteiger partial charge < -0.3 is 9.72 Å². The highest BCUT2D eigenvalue weighted by molar-refractivity contribution is 6.32. The lowest BCUT2D eigenvalue weighted by molar-refractivity contribution is 0.0668. The summed E-state index contributed by atoms with van der Waals surface area (Å²) in [4.78, 5) is 5.59. The van der Waals surface area contributed by atoms with Crippen molar-refractivity contribution in [1.29, 1.82) is 0 Å². The third-order valence-electron chi connectivity index (χ3n) is 6.83. The van der Waals surface area contributed by atoms with Crippen molar-refractivity contribution < 1.29 is 17.9 Å². The molecule has 0 aliphatic carbocycles. The van der Waals surface area contributed by atoms with Gasteiger partial charge in [-0.25, -0.2) is 8.78 Å². The molecule has 0 bridgehead atoms. The third-order valence-corrected chi connectivity index (χ3v) is 7.15. The fraction of sp³-hybridized carbons (Fsp3) is 0.312. The summed E-state index contributed by atoms with van der Waals surface area (Å²) < 4.78 is 46.3. The van der Waals surface area contributed by atoms with Crippen molar-refractivity contribution in [3.63, 3.8) is 0 Å². The predicted octanol–water partition coefficient (Wildman–Crippen LogP) is 8.77. The predicted molar refractivity (Wildman–Crippen MR) is 155 cm³/mol. The monoisotopic (exact) mass is 554 g/mol. The van der Waals surface area contributed by atoms with Gasteiger partial charge in [0, 0.05) is 47.7 Å². The van der Waals surface area contributed by atoms with Gasteiger partial charge in [-0.1, -0.05) is 50.6 Å². The lowest BCUT2D eigenvalue weighted by Crippen LogP contribution is -2.49. The number of hydrogen-bond acceptors (Lipinski definition) is 2. The van der Waals surface area contributed by atoms with Crippen molar-refractivity contribution in [2.24, 2.45) is 5.92 Å². The van der Waals surface area contributed by atoms with Crippen LogP contribution in [-0.2, 0) is 0 Å². The number of nitrogens with zero attached hydrogens (tertiary/aromatic N) is 1. The van der Waals surface area contributed by atoms with E-state index in [0.717, 1.165) is 64.3 Å². The van der Waals surface area contributed by atoms with Crippen LogP contribution in [-0.4, -0.2) is 42.8 Å². The molecule has 0 atom stereocenters. The van der Waals surface area contributed by atoms with Crippen molar-refractivity contribution in [3.05, 3.63) is 100 Å². The maximum atomic E-state index is 13.9. The van der Waals surface area contributed by atoms with E-state index < -0.39 is 5.82 Å². The average molecular weight is 555 g/mol. The summed E-state index contributed by atoms with van der Waals surface area (Å²) in [6, 6.07) is 18.8. The quantitative estimate of drug-likeness (QED) is 0.209. The molecule has 0 spiro atoms. The van der Waals surface area contributed by atoms with Gasteiger partial charge in [0.05, 0.1) is 11.7 Å². The topological polar surface area (TPSA) is 28.3 Å². The van der Waals surface area contributed by atoms with E-state index >= 15 is 0 Å². The van der Waals surface area contributed by atoms with Crippen LogP contribution in [0.15, 0.2) is 66.7 Å². The van der Waals surface area contributed by atoms with Crippen LogP contribution in [0.5, 0.6) is 5.75 Å². The summed E-state index contributed by atoms with van der Waals surface area (Å²) in [5.41, 5.74) is 5.13. The molecule has 1 N–H and O–H groups in total. The Hall–Kier alpha value is -3.22. The van der Waals surface area contributed by atoms with Crippen LogP contribution in [0.25, 0.3) is 22.0 Å². The summed E-state index contributed by atoms with van der Waals surface area (Å²) in [5, 5.41) is 1.09. The van der Waals surface area contributed by atoms with Gasteiger partial charge in [-0.15, -0.1) is 0 Å². The number of halogens is 4. The van der Waals surface area contributed by atoms with E-state index in [4.69, 9.17) is 16.3 Å². The molecule has 7 heteroatoms.